The third-order valence-electron chi connectivity index (χ3n) is 5.88. The molecule has 1 atom stereocenters. The third kappa shape index (κ3) is 2.79. The molecule has 1 aromatic heterocycles. The van der Waals surface area contributed by atoms with Gasteiger partial charge in [-0.3, -0.25) is 9.80 Å². The van der Waals surface area contributed by atoms with Gasteiger partial charge in [0.2, 0.25) is 0 Å². The van der Waals surface area contributed by atoms with Gasteiger partial charge in [0, 0.05) is 62.6 Å². The largest absolute Gasteiger partial charge is 0.350 e. The molecule has 0 radical (unpaired) electrons. The van der Waals surface area contributed by atoms with Crippen LogP contribution in [0.2, 0.25) is 0 Å². The Morgan fingerprint density at radius 3 is 2.59 bits per heavy atom. The van der Waals surface area contributed by atoms with E-state index in [1.165, 1.54) is 16.5 Å². The van der Waals surface area contributed by atoms with Gasteiger partial charge in [0.15, 0.2) is 0 Å². The van der Waals surface area contributed by atoms with E-state index in [1.54, 1.807) is 0 Å². The summed E-state index contributed by atoms with van der Waals surface area (Å²) in [4.78, 5) is 19.3. The van der Waals surface area contributed by atoms with Crippen molar-refractivity contribution in [1.82, 2.24) is 14.4 Å². The van der Waals surface area contributed by atoms with E-state index in [2.05, 4.69) is 47.0 Å². The quantitative estimate of drug-likeness (QED) is 0.718. The van der Waals surface area contributed by atoms with Crippen LogP contribution in [0.15, 0.2) is 60.8 Å². The highest BCUT2D eigenvalue weighted by atomic mass is 16.2. The van der Waals surface area contributed by atoms with Gasteiger partial charge in [0.05, 0.1) is 6.04 Å². The van der Waals surface area contributed by atoms with E-state index in [1.807, 2.05) is 40.1 Å². The van der Waals surface area contributed by atoms with E-state index in [-0.39, 0.29) is 12.1 Å². The highest BCUT2D eigenvalue weighted by molar-refractivity contribution is 5.94. The zero-order valence-electron chi connectivity index (χ0n) is 15.6. The number of aryl methyl sites for hydroxylation is 1. The fourth-order valence-electron chi connectivity index (χ4n) is 4.53. The summed E-state index contributed by atoms with van der Waals surface area (Å²) in [6.45, 7) is 4.37. The summed E-state index contributed by atoms with van der Waals surface area (Å²) in [5, 5.41) is 1.33. The molecule has 27 heavy (non-hydrogen) atoms. The number of nitrogens with zero attached hydrogens (tertiary/aromatic N) is 4. The lowest BCUT2D eigenvalue weighted by Crippen LogP contribution is -2.51. The number of amides is 2. The van der Waals surface area contributed by atoms with E-state index in [4.69, 9.17) is 0 Å². The van der Waals surface area contributed by atoms with Gasteiger partial charge in [-0.15, -0.1) is 0 Å². The lowest BCUT2D eigenvalue weighted by atomic mass is 10.1. The molecule has 0 spiro atoms. The summed E-state index contributed by atoms with van der Waals surface area (Å²) in [5.41, 5.74) is 3.64. The van der Waals surface area contributed by atoms with Crippen LogP contribution in [0.4, 0.5) is 10.5 Å². The summed E-state index contributed by atoms with van der Waals surface area (Å²) in [6, 6.07) is 19.0. The van der Waals surface area contributed by atoms with E-state index >= 15 is 0 Å². The lowest BCUT2D eigenvalue weighted by Gasteiger charge is -2.36. The van der Waals surface area contributed by atoms with E-state index in [9.17, 15) is 4.79 Å². The second kappa shape index (κ2) is 6.43. The topological polar surface area (TPSA) is 31.7 Å². The van der Waals surface area contributed by atoms with Crippen molar-refractivity contribution in [2.75, 3.05) is 31.1 Å². The molecule has 5 rings (SSSR count). The van der Waals surface area contributed by atoms with Gasteiger partial charge in [0.25, 0.3) is 0 Å². The van der Waals surface area contributed by atoms with Gasteiger partial charge in [-0.2, -0.15) is 0 Å². The van der Waals surface area contributed by atoms with Crippen LogP contribution in [0, 0.1) is 0 Å². The van der Waals surface area contributed by atoms with E-state index in [0.717, 1.165) is 38.4 Å². The van der Waals surface area contributed by atoms with Gasteiger partial charge in [-0.1, -0.05) is 36.4 Å². The van der Waals surface area contributed by atoms with Crippen LogP contribution >= 0.6 is 0 Å². The Morgan fingerprint density at radius 1 is 0.963 bits per heavy atom. The van der Waals surface area contributed by atoms with Gasteiger partial charge in [0.1, 0.15) is 0 Å². The minimum absolute atomic E-state index is 0.149. The molecule has 2 aromatic carbocycles. The predicted octanol–water partition coefficient (Wildman–Crippen LogP) is 3.30. The molecule has 0 N–H and O–H groups in total. The Balaban J connectivity index is 1.33. The number of para-hydroxylation sites is 2. The Kier molecular flexibility index (Phi) is 3.90. The monoisotopic (exact) mass is 360 g/mol. The molecule has 3 heterocycles. The molecule has 2 aliphatic rings. The van der Waals surface area contributed by atoms with E-state index in [0.29, 0.717) is 0 Å². The molecule has 0 bridgehead atoms. The Bertz CT molecular complexity index is 980. The molecule has 5 nitrogen and oxygen atoms in total. The molecule has 138 valence electrons. The third-order valence-corrected chi connectivity index (χ3v) is 5.88. The van der Waals surface area contributed by atoms with Crippen molar-refractivity contribution < 1.29 is 4.79 Å². The summed E-state index contributed by atoms with van der Waals surface area (Å²) < 4.78 is 2.21. The summed E-state index contributed by atoms with van der Waals surface area (Å²) >= 11 is 0. The Morgan fingerprint density at radius 2 is 1.74 bits per heavy atom. The second-order valence-electron chi connectivity index (χ2n) is 7.59. The number of anilines is 1. The van der Waals surface area contributed by atoms with Crippen LogP contribution < -0.4 is 4.90 Å². The zero-order chi connectivity index (χ0) is 18.4. The lowest BCUT2D eigenvalue weighted by molar-refractivity contribution is 0.117. The molecule has 2 amide bonds. The summed E-state index contributed by atoms with van der Waals surface area (Å²) in [6.07, 6.45) is 2.24. The zero-order valence-corrected chi connectivity index (χ0v) is 15.6. The number of benzene rings is 2. The normalized spacial score (nSPS) is 20.5. The van der Waals surface area contributed by atoms with Crippen LogP contribution in [-0.2, 0) is 13.6 Å². The fraction of sp³-hybridized carbons (Fsp3) is 0.318. The first-order valence-electron chi connectivity index (χ1n) is 9.59. The Hall–Kier alpha value is -2.79. The number of fused-ring (bicyclic) bond motifs is 2. The number of hydrogen-bond acceptors (Lipinski definition) is 2. The predicted molar refractivity (Wildman–Crippen MR) is 108 cm³/mol. The molecule has 0 saturated carbocycles. The van der Waals surface area contributed by atoms with Crippen LogP contribution in [0.5, 0.6) is 0 Å². The Labute approximate surface area is 159 Å². The smallest absolute Gasteiger partial charge is 0.324 e. The van der Waals surface area contributed by atoms with Gasteiger partial charge in [-0.05, 0) is 23.8 Å². The maximum absolute atomic E-state index is 12.8. The van der Waals surface area contributed by atoms with Crippen LogP contribution in [0.1, 0.15) is 5.56 Å². The first kappa shape index (κ1) is 16.4. The van der Waals surface area contributed by atoms with Gasteiger partial charge in [-0.25, -0.2) is 4.79 Å². The van der Waals surface area contributed by atoms with E-state index < -0.39 is 0 Å². The van der Waals surface area contributed by atoms with Crippen molar-refractivity contribution in [1.29, 1.82) is 0 Å². The number of aromatic nitrogens is 1. The van der Waals surface area contributed by atoms with Crippen molar-refractivity contribution in [2.45, 2.75) is 12.6 Å². The van der Waals surface area contributed by atoms with Crippen molar-refractivity contribution in [3.05, 3.63) is 66.4 Å². The number of carbonyl (C=O) groups excluding carboxylic acids is 1. The first-order chi connectivity index (χ1) is 13.2. The molecule has 2 fully saturated rings. The molecule has 2 saturated heterocycles. The average molecular weight is 360 g/mol. The number of rotatable bonds is 3. The molecule has 2 aliphatic heterocycles. The maximum Gasteiger partial charge on any atom is 0.324 e. The number of piperazine rings is 1. The standard InChI is InChI=1S/C22H24N4O/c1-23-13-17(20-9-5-6-10-21(20)23)14-24-11-12-25-19(15-24)16-26(22(25)27)18-7-3-2-4-8-18/h2-10,13,19H,11-12,14-16H2,1H3. The van der Waals surface area contributed by atoms with Crippen molar-refractivity contribution in [3.63, 3.8) is 0 Å². The van der Waals surface area contributed by atoms with Crippen molar-refractivity contribution in [3.8, 4) is 0 Å². The van der Waals surface area contributed by atoms with Crippen molar-refractivity contribution in [2.24, 2.45) is 7.05 Å². The van der Waals surface area contributed by atoms with Crippen molar-refractivity contribution >= 4 is 22.6 Å². The summed E-state index contributed by atoms with van der Waals surface area (Å²) in [5.74, 6) is 0. The minimum Gasteiger partial charge on any atom is -0.350 e. The second-order valence-corrected chi connectivity index (χ2v) is 7.59. The van der Waals surface area contributed by atoms with Gasteiger partial charge >= 0.3 is 6.03 Å². The highest BCUT2D eigenvalue weighted by Gasteiger charge is 2.41. The molecule has 5 heteroatoms. The molecule has 1 unspecified atom stereocenters. The van der Waals surface area contributed by atoms with Crippen LogP contribution in [0.3, 0.4) is 0 Å². The molecule has 0 aliphatic carbocycles. The number of hydrogen-bond donors (Lipinski definition) is 0. The summed E-state index contributed by atoms with van der Waals surface area (Å²) in [7, 11) is 2.11. The average Bonchev–Trinajstić information content (AvgIpc) is 3.20. The first-order valence-corrected chi connectivity index (χ1v) is 9.59. The minimum atomic E-state index is 0.149. The SMILES string of the molecule is Cn1cc(CN2CCN3C(=O)N(c4ccccc4)CC3C2)c2ccccc21. The highest BCUT2D eigenvalue weighted by Crippen LogP contribution is 2.28. The van der Waals surface area contributed by atoms with Crippen LogP contribution in [-0.4, -0.2) is 52.6 Å². The van der Waals surface area contributed by atoms with Crippen LogP contribution in [0.25, 0.3) is 10.9 Å². The van der Waals surface area contributed by atoms with Gasteiger partial charge < -0.3 is 9.47 Å². The number of carbonyl (C=O) groups is 1. The molecular weight excluding hydrogens is 336 g/mol. The maximum atomic E-state index is 12.8. The molecule has 3 aromatic rings. The fourth-order valence-corrected chi connectivity index (χ4v) is 4.53. The number of urea groups is 1. The molecular formula is C22H24N4O.